The number of hydrogen-bond acceptors (Lipinski definition) is 3. The third-order valence-electron chi connectivity index (χ3n) is 3.25. The van der Waals surface area contributed by atoms with Crippen molar-refractivity contribution in [3.05, 3.63) is 71.8 Å². The summed E-state index contributed by atoms with van der Waals surface area (Å²) in [6.07, 6.45) is -4.56. The summed E-state index contributed by atoms with van der Waals surface area (Å²) in [6, 6.07) is 17.1. The zero-order chi connectivity index (χ0) is 15.6. The molecule has 1 N–H and O–H groups in total. The molecule has 0 fully saturated rings. The number of aliphatic imine (C=N–C) groups is 1. The summed E-state index contributed by atoms with van der Waals surface area (Å²) in [7, 11) is 0. The summed E-state index contributed by atoms with van der Waals surface area (Å²) < 4.78 is 38.7. The molecule has 0 saturated heterocycles. The van der Waals surface area contributed by atoms with E-state index < -0.39 is 18.1 Å². The van der Waals surface area contributed by atoms with Crippen LogP contribution in [0.1, 0.15) is 17.2 Å². The number of benzene rings is 2. The maximum Gasteiger partial charge on any atom is 0.450 e. The standard InChI is InChI=1S/C16H12F3N3/c17-16(18,19)15-20-13(11-7-3-1-4-8-11)14(21-22-15)12-9-5-2-6-10-12/h1-10,13H,(H,20,22). The highest BCUT2D eigenvalue weighted by atomic mass is 19.4. The highest BCUT2D eigenvalue weighted by Crippen LogP contribution is 2.28. The molecule has 1 unspecified atom stereocenters. The van der Waals surface area contributed by atoms with E-state index in [4.69, 9.17) is 0 Å². The van der Waals surface area contributed by atoms with Crippen molar-refractivity contribution in [2.24, 2.45) is 10.1 Å². The summed E-state index contributed by atoms with van der Waals surface area (Å²) in [6.45, 7) is 0. The van der Waals surface area contributed by atoms with E-state index in [0.717, 1.165) is 5.56 Å². The number of alkyl halides is 3. The Morgan fingerprint density at radius 1 is 0.864 bits per heavy atom. The van der Waals surface area contributed by atoms with Gasteiger partial charge in [0.1, 0.15) is 6.04 Å². The number of hydrazone groups is 1. The summed E-state index contributed by atoms with van der Waals surface area (Å²) in [5.41, 5.74) is 3.87. The van der Waals surface area contributed by atoms with E-state index in [1.165, 1.54) is 0 Å². The third kappa shape index (κ3) is 2.86. The van der Waals surface area contributed by atoms with E-state index in [-0.39, 0.29) is 0 Å². The molecule has 0 spiro atoms. The number of nitrogens with zero attached hydrogens (tertiary/aromatic N) is 2. The molecule has 0 radical (unpaired) electrons. The van der Waals surface area contributed by atoms with E-state index in [2.05, 4.69) is 10.1 Å². The molecular weight excluding hydrogens is 291 g/mol. The fourth-order valence-electron chi connectivity index (χ4n) is 2.23. The van der Waals surface area contributed by atoms with Crippen molar-refractivity contribution < 1.29 is 13.2 Å². The van der Waals surface area contributed by atoms with Gasteiger partial charge in [-0.25, -0.2) is 4.99 Å². The molecule has 6 heteroatoms. The summed E-state index contributed by atoms with van der Waals surface area (Å²) in [5.74, 6) is -1.08. The van der Waals surface area contributed by atoms with Gasteiger partial charge in [0.25, 0.3) is 0 Å². The minimum atomic E-state index is -4.56. The molecule has 2 aromatic carbocycles. The van der Waals surface area contributed by atoms with Gasteiger partial charge in [-0.1, -0.05) is 60.7 Å². The predicted octanol–water partition coefficient (Wildman–Crippen LogP) is 3.70. The molecule has 22 heavy (non-hydrogen) atoms. The van der Waals surface area contributed by atoms with Crippen molar-refractivity contribution in [1.29, 1.82) is 0 Å². The normalized spacial score (nSPS) is 18.2. The molecule has 1 heterocycles. The van der Waals surface area contributed by atoms with Gasteiger partial charge in [0.05, 0.1) is 5.71 Å². The molecule has 1 atom stereocenters. The van der Waals surface area contributed by atoms with Crippen LogP contribution in [0.5, 0.6) is 0 Å². The van der Waals surface area contributed by atoms with Crippen molar-refractivity contribution in [2.75, 3.05) is 0 Å². The Morgan fingerprint density at radius 2 is 1.45 bits per heavy atom. The van der Waals surface area contributed by atoms with Gasteiger partial charge in [0.15, 0.2) is 0 Å². The van der Waals surface area contributed by atoms with E-state index in [9.17, 15) is 13.2 Å². The molecule has 2 aromatic rings. The van der Waals surface area contributed by atoms with Crippen molar-refractivity contribution >= 4 is 11.5 Å². The number of halogens is 3. The van der Waals surface area contributed by atoms with Crippen LogP contribution < -0.4 is 5.43 Å². The van der Waals surface area contributed by atoms with Gasteiger partial charge >= 0.3 is 6.18 Å². The zero-order valence-electron chi connectivity index (χ0n) is 11.4. The first-order valence-corrected chi connectivity index (χ1v) is 6.64. The second-order valence-electron chi connectivity index (χ2n) is 4.76. The molecule has 0 bridgehead atoms. The van der Waals surface area contributed by atoms with Gasteiger partial charge in [0.2, 0.25) is 5.84 Å². The number of amidine groups is 1. The van der Waals surface area contributed by atoms with E-state index in [1.807, 2.05) is 23.6 Å². The highest BCUT2D eigenvalue weighted by molar-refractivity contribution is 6.08. The fraction of sp³-hybridized carbons (Fsp3) is 0.125. The average Bonchev–Trinajstić information content (AvgIpc) is 2.55. The van der Waals surface area contributed by atoms with Crippen LogP contribution in [0.25, 0.3) is 0 Å². The van der Waals surface area contributed by atoms with Gasteiger partial charge in [0, 0.05) is 5.56 Å². The summed E-state index contributed by atoms with van der Waals surface area (Å²) in [5, 5.41) is 3.92. The predicted molar refractivity (Wildman–Crippen MR) is 78.8 cm³/mol. The fourth-order valence-corrected chi connectivity index (χ4v) is 2.23. The van der Waals surface area contributed by atoms with Gasteiger partial charge in [-0.15, -0.1) is 0 Å². The van der Waals surface area contributed by atoms with Gasteiger partial charge in [-0.2, -0.15) is 18.3 Å². The average molecular weight is 303 g/mol. The second-order valence-corrected chi connectivity index (χ2v) is 4.76. The van der Waals surface area contributed by atoms with Gasteiger partial charge in [-0.3, -0.25) is 5.43 Å². The van der Waals surface area contributed by atoms with Crippen molar-refractivity contribution in [3.8, 4) is 0 Å². The Hall–Kier alpha value is -2.63. The zero-order valence-corrected chi connectivity index (χ0v) is 11.4. The quantitative estimate of drug-likeness (QED) is 0.902. The monoisotopic (exact) mass is 303 g/mol. The summed E-state index contributed by atoms with van der Waals surface area (Å²) in [4.78, 5) is 3.83. The molecule has 1 aliphatic heterocycles. The minimum Gasteiger partial charge on any atom is -0.257 e. The first-order chi connectivity index (χ1) is 10.6. The Morgan fingerprint density at radius 3 is 2.05 bits per heavy atom. The molecule has 0 aromatic heterocycles. The number of hydrogen-bond donors (Lipinski definition) is 1. The number of rotatable bonds is 2. The molecule has 0 amide bonds. The third-order valence-corrected chi connectivity index (χ3v) is 3.25. The van der Waals surface area contributed by atoms with Crippen molar-refractivity contribution in [1.82, 2.24) is 5.43 Å². The minimum absolute atomic E-state index is 0.458. The smallest absolute Gasteiger partial charge is 0.257 e. The van der Waals surface area contributed by atoms with Crippen LogP contribution in [0.15, 0.2) is 70.8 Å². The van der Waals surface area contributed by atoms with E-state index in [1.54, 1.807) is 42.5 Å². The van der Waals surface area contributed by atoms with Crippen molar-refractivity contribution in [3.63, 3.8) is 0 Å². The summed E-state index contributed by atoms with van der Waals surface area (Å²) >= 11 is 0. The largest absolute Gasteiger partial charge is 0.450 e. The van der Waals surface area contributed by atoms with Crippen LogP contribution in [-0.2, 0) is 0 Å². The lowest BCUT2D eigenvalue weighted by Gasteiger charge is -2.23. The first-order valence-electron chi connectivity index (χ1n) is 6.64. The SMILES string of the molecule is FC(F)(F)C1=NC(c2ccccc2)C(c2ccccc2)=NN1. The topological polar surface area (TPSA) is 36.8 Å². The highest BCUT2D eigenvalue weighted by Gasteiger charge is 2.39. The number of nitrogens with one attached hydrogen (secondary N) is 1. The van der Waals surface area contributed by atoms with E-state index in [0.29, 0.717) is 11.3 Å². The van der Waals surface area contributed by atoms with E-state index >= 15 is 0 Å². The van der Waals surface area contributed by atoms with Crippen LogP contribution in [0.2, 0.25) is 0 Å². The molecule has 3 nitrogen and oxygen atoms in total. The van der Waals surface area contributed by atoms with Gasteiger partial charge in [-0.05, 0) is 5.56 Å². The van der Waals surface area contributed by atoms with Crippen LogP contribution in [0, 0.1) is 0 Å². The second kappa shape index (κ2) is 5.63. The lowest BCUT2D eigenvalue weighted by molar-refractivity contribution is -0.0622. The lowest BCUT2D eigenvalue weighted by atomic mass is 9.96. The Balaban J connectivity index is 2.06. The molecule has 112 valence electrons. The Kier molecular flexibility index (Phi) is 3.66. The lowest BCUT2D eigenvalue weighted by Crippen LogP contribution is -2.39. The molecular formula is C16H12F3N3. The van der Waals surface area contributed by atoms with Crippen molar-refractivity contribution in [2.45, 2.75) is 12.2 Å². The Bertz CT molecular complexity index is 706. The molecule has 1 aliphatic rings. The Labute approximate surface area is 125 Å². The van der Waals surface area contributed by atoms with Crippen LogP contribution in [0.3, 0.4) is 0 Å². The maximum absolute atomic E-state index is 12.9. The van der Waals surface area contributed by atoms with Crippen LogP contribution in [-0.4, -0.2) is 17.7 Å². The molecule has 0 saturated carbocycles. The maximum atomic E-state index is 12.9. The first kappa shape index (κ1) is 14.3. The molecule has 0 aliphatic carbocycles. The molecule has 3 rings (SSSR count). The van der Waals surface area contributed by atoms with Crippen LogP contribution >= 0.6 is 0 Å². The van der Waals surface area contributed by atoms with Crippen LogP contribution in [0.4, 0.5) is 13.2 Å². The van der Waals surface area contributed by atoms with Gasteiger partial charge < -0.3 is 0 Å².